The molecule has 0 unspecified atom stereocenters. The number of piperidine rings is 1. The maximum Gasteiger partial charge on any atom is 0.174 e. The van der Waals surface area contributed by atoms with Gasteiger partial charge in [-0.1, -0.05) is 31.5 Å². The zero-order chi connectivity index (χ0) is 28.5. The molecule has 212 valence electrons. The molecule has 4 atom stereocenters. The lowest BCUT2D eigenvalue weighted by atomic mass is 9.91. The zero-order valence-corrected chi connectivity index (χ0v) is 25.3. The van der Waals surface area contributed by atoms with Crippen molar-refractivity contribution in [3.8, 4) is 11.4 Å². The Bertz CT molecular complexity index is 1500. The van der Waals surface area contributed by atoms with Gasteiger partial charge in [-0.3, -0.25) is 4.98 Å². The minimum Gasteiger partial charge on any atom is -0.494 e. The highest BCUT2D eigenvalue weighted by Crippen LogP contribution is 2.44. The van der Waals surface area contributed by atoms with E-state index in [9.17, 15) is 0 Å². The van der Waals surface area contributed by atoms with Gasteiger partial charge in [0.1, 0.15) is 11.8 Å². The van der Waals surface area contributed by atoms with E-state index in [0.29, 0.717) is 23.6 Å². The highest BCUT2D eigenvalue weighted by atomic mass is 35.5. The van der Waals surface area contributed by atoms with Crippen molar-refractivity contribution >= 4 is 40.3 Å². The summed E-state index contributed by atoms with van der Waals surface area (Å²) in [4.78, 5) is 9.33. The van der Waals surface area contributed by atoms with E-state index in [1.807, 2.05) is 37.4 Å². The second-order valence-electron chi connectivity index (χ2n) is 11.2. The molecule has 2 saturated heterocycles. The van der Waals surface area contributed by atoms with E-state index >= 15 is 0 Å². The molecule has 0 saturated carbocycles. The van der Waals surface area contributed by atoms with E-state index in [4.69, 9.17) is 33.5 Å². The first-order valence-electron chi connectivity index (χ1n) is 14.4. The number of halogens is 1. The lowest BCUT2D eigenvalue weighted by molar-refractivity contribution is 0.340. The van der Waals surface area contributed by atoms with Crippen LogP contribution in [0.2, 0.25) is 5.02 Å². The standard InChI is InChI=1S/C33H36ClN5OS/c1-4-40-26-13-10-24(11-14-26)38-17-7-9-30(38)32-31(28-8-5-6-16-35-28)36-33(41)39(32)25-12-15-29(27(34)19-25)37-20-22(2)18-23(3)21-37/h5-17,19,22-23,31-32H,4,18,20-21H2,1-3H3,(H,36,41)/t22-,23+,31-,32-/m0/s1. The molecule has 6 nitrogen and oxygen atoms in total. The lowest BCUT2D eigenvalue weighted by Crippen LogP contribution is -2.38. The molecule has 8 heteroatoms. The number of nitrogens with zero attached hydrogens (tertiary/aromatic N) is 4. The van der Waals surface area contributed by atoms with Crippen molar-refractivity contribution in [1.82, 2.24) is 14.9 Å². The molecular formula is C33H36ClN5OS. The van der Waals surface area contributed by atoms with E-state index in [1.54, 1.807) is 0 Å². The Balaban J connectivity index is 1.40. The number of nitrogens with one attached hydrogen (secondary N) is 1. The average Bonchev–Trinajstić information content (AvgIpc) is 3.58. The highest BCUT2D eigenvalue weighted by molar-refractivity contribution is 7.80. The molecule has 0 amide bonds. The van der Waals surface area contributed by atoms with Crippen molar-refractivity contribution in [3.63, 3.8) is 0 Å². The summed E-state index contributed by atoms with van der Waals surface area (Å²) in [5, 5.41) is 4.97. The summed E-state index contributed by atoms with van der Waals surface area (Å²) >= 11 is 13.0. The van der Waals surface area contributed by atoms with Crippen LogP contribution in [0.1, 0.15) is 50.7 Å². The smallest absolute Gasteiger partial charge is 0.174 e. The van der Waals surface area contributed by atoms with Gasteiger partial charge in [0.25, 0.3) is 0 Å². The molecule has 4 heterocycles. The van der Waals surface area contributed by atoms with Crippen LogP contribution in [0.15, 0.2) is 85.2 Å². The van der Waals surface area contributed by atoms with Crippen LogP contribution in [0.3, 0.4) is 0 Å². The van der Waals surface area contributed by atoms with Gasteiger partial charge in [0, 0.05) is 42.6 Å². The summed E-state index contributed by atoms with van der Waals surface area (Å²) in [6.07, 6.45) is 5.18. The van der Waals surface area contributed by atoms with E-state index in [0.717, 1.165) is 52.3 Å². The van der Waals surface area contributed by atoms with Crippen molar-refractivity contribution in [2.45, 2.75) is 39.3 Å². The Kier molecular flexibility index (Phi) is 7.91. The molecule has 1 N–H and O–H groups in total. The minimum atomic E-state index is -0.157. The van der Waals surface area contributed by atoms with Gasteiger partial charge >= 0.3 is 0 Å². The number of pyridine rings is 1. The van der Waals surface area contributed by atoms with Gasteiger partial charge in [0.05, 0.1) is 29.1 Å². The normalized spacial score (nSPS) is 22.6. The summed E-state index contributed by atoms with van der Waals surface area (Å²) in [6.45, 7) is 9.31. The van der Waals surface area contributed by atoms with Gasteiger partial charge in [0.2, 0.25) is 0 Å². The predicted molar refractivity (Wildman–Crippen MR) is 171 cm³/mol. The van der Waals surface area contributed by atoms with Gasteiger partial charge in [-0.25, -0.2) is 0 Å². The number of anilines is 2. The molecule has 6 rings (SSSR count). The summed E-state index contributed by atoms with van der Waals surface area (Å²) in [7, 11) is 0. The lowest BCUT2D eigenvalue weighted by Gasteiger charge is -2.37. The van der Waals surface area contributed by atoms with Gasteiger partial charge in [-0.15, -0.1) is 0 Å². The molecular weight excluding hydrogens is 550 g/mol. The number of rotatable bonds is 7. The first-order chi connectivity index (χ1) is 19.9. The van der Waals surface area contributed by atoms with Gasteiger partial charge < -0.3 is 24.4 Å². The van der Waals surface area contributed by atoms with Crippen LogP contribution in [0.4, 0.5) is 11.4 Å². The van der Waals surface area contributed by atoms with Crippen LogP contribution in [0, 0.1) is 11.8 Å². The Labute approximate surface area is 252 Å². The van der Waals surface area contributed by atoms with Crippen molar-refractivity contribution in [1.29, 1.82) is 0 Å². The number of hydrogen-bond acceptors (Lipinski definition) is 4. The molecule has 0 bridgehead atoms. The van der Waals surface area contributed by atoms with Gasteiger partial charge in [-0.2, -0.15) is 0 Å². The number of hydrogen-bond donors (Lipinski definition) is 1. The van der Waals surface area contributed by atoms with E-state index in [1.165, 1.54) is 6.42 Å². The molecule has 0 spiro atoms. The maximum absolute atomic E-state index is 7.02. The summed E-state index contributed by atoms with van der Waals surface area (Å²) in [5.74, 6) is 2.14. The Morgan fingerprint density at radius 2 is 1.73 bits per heavy atom. The monoisotopic (exact) mass is 585 g/mol. The first-order valence-corrected chi connectivity index (χ1v) is 15.2. The molecule has 0 aliphatic carbocycles. The van der Waals surface area contributed by atoms with Crippen LogP contribution < -0.4 is 19.9 Å². The SMILES string of the molecule is CCOc1ccc(-n2cccc2[C@H]2[C@H](c3ccccn3)NC(=S)N2c2ccc(N3C[C@H](C)C[C@H](C)C3)c(Cl)c2)cc1. The van der Waals surface area contributed by atoms with Crippen LogP contribution in [-0.4, -0.2) is 34.4 Å². The number of aromatic nitrogens is 2. The third-order valence-electron chi connectivity index (χ3n) is 8.03. The fourth-order valence-corrected chi connectivity index (χ4v) is 7.08. The number of thiocarbonyl (C=S) groups is 1. The number of ether oxygens (including phenoxy) is 1. The van der Waals surface area contributed by atoms with Crippen LogP contribution in [0.25, 0.3) is 5.69 Å². The second-order valence-corrected chi connectivity index (χ2v) is 12.0. The molecule has 0 radical (unpaired) electrons. The molecule has 2 aliphatic heterocycles. The van der Waals surface area contributed by atoms with Crippen molar-refractivity contribution in [3.05, 3.63) is 102 Å². The molecule has 2 aromatic carbocycles. The van der Waals surface area contributed by atoms with Crippen molar-refractivity contribution in [2.24, 2.45) is 11.8 Å². The largest absolute Gasteiger partial charge is 0.494 e. The Morgan fingerprint density at radius 3 is 2.41 bits per heavy atom. The van der Waals surface area contributed by atoms with Crippen LogP contribution >= 0.6 is 23.8 Å². The summed E-state index contributed by atoms with van der Waals surface area (Å²) in [5.41, 5.74) is 5.12. The number of benzene rings is 2. The fraction of sp³-hybridized carbons (Fsp3) is 0.333. The Hall–Kier alpha value is -3.55. The topological polar surface area (TPSA) is 45.6 Å². The summed E-state index contributed by atoms with van der Waals surface area (Å²) in [6, 6.07) is 24.5. The third-order valence-corrected chi connectivity index (χ3v) is 8.64. The molecule has 2 aromatic heterocycles. The minimum absolute atomic E-state index is 0.151. The van der Waals surface area contributed by atoms with Gasteiger partial charge in [-0.05, 0) is 104 Å². The molecule has 2 fully saturated rings. The van der Waals surface area contributed by atoms with Gasteiger partial charge in [0.15, 0.2) is 5.11 Å². The van der Waals surface area contributed by atoms with Crippen molar-refractivity contribution < 1.29 is 4.74 Å². The quantitative estimate of drug-likeness (QED) is 0.226. The predicted octanol–water partition coefficient (Wildman–Crippen LogP) is 7.58. The fourth-order valence-electron chi connectivity index (χ4n) is 6.44. The van der Waals surface area contributed by atoms with E-state index in [2.05, 4.69) is 88.3 Å². The average molecular weight is 586 g/mol. The van der Waals surface area contributed by atoms with Crippen molar-refractivity contribution in [2.75, 3.05) is 29.5 Å². The molecule has 4 aromatic rings. The van der Waals surface area contributed by atoms with E-state index < -0.39 is 0 Å². The molecule has 2 aliphatic rings. The zero-order valence-electron chi connectivity index (χ0n) is 23.7. The van der Waals surface area contributed by atoms with E-state index in [-0.39, 0.29) is 12.1 Å². The van der Waals surface area contributed by atoms with Crippen LogP contribution in [-0.2, 0) is 0 Å². The van der Waals surface area contributed by atoms with Crippen LogP contribution in [0.5, 0.6) is 5.75 Å². The summed E-state index contributed by atoms with van der Waals surface area (Å²) < 4.78 is 7.89. The molecule has 41 heavy (non-hydrogen) atoms. The first kappa shape index (κ1) is 27.6. The second kappa shape index (κ2) is 11.7. The third kappa shape index (κ3) is 5.53. The highest BCUT2D eigenvalue weighted by Gasteiger charge is 2.42. The maximum atomic E-state index is 7.02. The Morgan fingerprint density at radius 1 is 0.976 bits per heavy atom.